The van der Waals surface area contributed by atoms with Crippen molar-refractivity contribution in [1.29, 1.82) is 0 Å². The molecule has 0 aliphatic carbocycles. The Morgan fingerprint density at radius 3 is 2.61 bits per heavy atom. The maximum absolute atomic E-state index is 11.9. The van der Waals surface area contributed by atoms with Crippen LogP contribution in [0.1, 0.15) is 25.3 Å². The van der Waals surface area contributed by atoms with Gasteiger partial charge in [0, 0.05) is 31.5 Å². The van der Waals surface area contributed by atoms with Gasteiger partial charge in [-0.2, -0.15) is 0 Å². The minimum Gasteiger partial charge on any atom is -0.396 e. The molecule has 0 bridgehead atoms. The first-order chi connectivity index (χ1) is 10.9. The van der Waals surface area contributed by atoms with E-state index in [0.29, 0.717) is 41.8 Å². The summed E-state index contributed by atoms with van der Waals surface area (Å²) in [5.41, 5.74) is 1.47. The Bertz CT molecular complexity index is 548. The van der Waals surface area contributed by atoms with Gasteiger partial charge < -0.3 is 15.1 Å². The largest absolute Gasteiger partial charge is 0.396 e. The molecule has 1 aromatic rings. The van der Waals surface area contributed by atoms with Crippen molar-refractivity contribution in [3.63, 3.8) is 0 Å². The van der Waals surface area contributed by atoms with Gasteiger partial charge in [-0.1, -0.05) is 34.4 Å². The Morgan fingerprint density at radius 1 is 1.26 bits per heavy atom. The van der Waals surface area contributed by atoms with Crippen LogP contribution in [-0.4, -0.2) is 50.3 Å². The van der Waals surface area contributed by atoms with Crippen LogP contribution in [0.15, 0.2) is 23.4 Å². The summed E-state index contributed by atoms with van der Waals surface area (Å²) in [5, 5.41) is 7.89. The normalized spacial score (nSPS) is 11.7. The third kappa shape index (κ3) is 7.68. The predicted molar refractivity (Wildman–Crippen MR) is 95.4 cm³/mol. The molecule has 128 valence electrons. The molecule has 5 nitrogen and oxygen atoms in total. The monoisotopic (exact) mass is 359 g/mol. The van der Waals surface area contributed by atoms with Gasteiger partial charge in [0.2, 0.25) is 5.91 Å². The van der Waals surface area contributed by atoms with E-state index in [1.807, 2.05) is 32.0 Å². The topological polar surface area (TPSA) is 53.9 Å². The number of benzene rings is 1. The van der Waals surface area contributed by atoms with Crippen molar-refractivity contribution in [2.45, 2.75) is 19.8 Å². The Hall–Kier alpha value is -1.30. The van der Waals surface area contributed by atoms with Gasteiger partial charge in [0.25, 0.3) is 0 Å². The third-order valence-electron chi connectivity index (χ3n) is 3.03. The van der Waals surface area contributed by atoms with E-state index in [2.05, 4.69) is 10.5 Å². The molecule has 1 aromatic carbocycles. The van der Waals surface area contributed by atoms with E-state index in [-0.39, 0.29) is 5.91 Å². The van der Waals surface area contributed by atoms with Crippen LogP contribution in [-0.2, 0) is 9.63 Å². The van der Waals surface area contributed by atoms with Crippen molar-refractivity contribution in [3.8, 4) is 0 Å². The van der Waals surface area contributed by atoms with E-state index in [0.717, 1.165) is 12.1 Å². The maximum atomic E-state index is 11.9. The number of amides is 1. The molecule has 0 radical (unpaired) electrons. The lowest BCUT2D eigenvalue weighted by Crippen LogP contribution is -2.31. The molecule has 23 heavy (non-hydrogen) atoms. The molecule has 0 fully saturated rings. The fourth-order valence-corrected chi connectivity index (χ4v) is 2.10. The van der Waals surface area contributed by atoms with Gasteiger partial charge >= 0.3 is 0 Å². The number of carbonyl (C=O) groups excluding carboxylic acids is 1. The van der Waals surface area contributed by atoms with Crippen molar-refractivity contribution in [2.75, 3.05) is 33.8 Å². The van der Waals surface area contributed by atoms with Crippen LogP contribution in [0.2, 0.25) is 10.0 Å². The molecular weight excluding hydrogens is 337 g/mol. The van der Waals surface area contributed by atoms with Crippen LogP contribution in [0.3, 0.4) is 0 Å². The molecule has 0 saturated heterocycles. The van der Waals surface area contributed by atoms with Crippen LogP contribution in [0.5, 0.6) is 0 Å². The maximum Gasteiger partial charge on any atom is 0.220 e. The van der Waals surface area contributed by atoms with Gasteiger partial charge in [-0.05, 0) is 33.2 Å². The van der Waals surface area contributed by atoms with Gasteiger partial charge in [0.15, 0.2) is 0 Å². The van der Waals surface area contributed by atoms with E-state index >= 15 is 0 Å². The number of likely N-dealkylation sites (N-methyl/N-ethyl adjacent to an activating group) is 1. The molecule has 0 aromatic heterocycles. The number of oxime groups is 1. The standard InChI is InChI=1S/C16H23Cl2N3O2/c1-4-23-20-15(12-5-6-13(17)14(18)11-12)7-8-16(22)19-9-10-21(2)3/h5-6,11H,4,7-10H2,1-3H3,(H,19,22). The van der Waals surface area contributed by atoms with Crippen molar-refractivity contribution in [3.05, 3.63) is 33.8 Å². The summed E-state index contributed by atoms with van der Waals surface area (Å²) in [6.45, 7) is 3.73. The molecular formula is C16H23Cl2N3O2. The number of hydrogen-bond donors (Lipinski definition) is 1. The summed E-state index contributed by atoms with van der Waals surface area (Å²) in [6.07, 6.45) is 0.797. The zero-order valence-electron chi connectivity index (χ0n) is 13.7. The first kappa shape index (κ1) is 19.7. The Morgan fingerprint density at radius 2 is 2.00 bits per heavy atom. The number of nitrogens with zero attached hydrogens (tertiary/aromatic N) is 2. The zero-order chi connectivity index (χ0) is 17.2. The molecule has 1 N–H and O–H groups in total. The minimum absolute atomic E-state index is 0.0175. The molecule has 1 rings (SSSR count). The summed E-state index contributed by atoms with van der Waals surface area (Å²) in [5.74, 6) is -0.0175. The Labute approximate surface area is 147 Å². The highest BCUT2D eigenvalue weighted by Gasteiger charge is 2.10. The van der Waals surface area contributed by atoms with Gasteiger partial charge in [-0.3, -0.25) is 4.79 Å². The second-order valence-electron chi connectivity index (χ2n) is 5.24. The smallest absolute Gasteiger partial charge is 0.220 e. The summed E-state index contributed by atoms with van der Waals surface area (Å²) in [4.78, 5) is 19.0. The third-order valence-corrected chi connectivity index (χ3v) is 3.77. The molecule has 0 atom stereocenters. The van der Waals surface area contributed by atoms with E-state index in [9.17, 15) is 4.79 Å². The zero-order valence-corrected chi connectivity index (χ0v) is 15.2. The highest BCUT2D eigenvalue weighted by atomic mass is 35.5. The molecule has 0 saturated carbocycles. The fourth-order valence-electron chi connectivity index (χ4n) is 1.80. The van der Waals surface area contributed by atoms with E-state index in [1.54, 1.807) is 12.1 Å². The van der Waals surface area contributed by atoms with Crippen LogP contribution >= 0.6 is 23.2 Å². The Balaban J connectivity index is 2.65. The molecule has 0 aliphatic rings. The summed E-state index contributed by atoms with van der Waals surface area (Å²) < 4.78 is 0. The second-order valence-corrected chi connectivity index (χ2v) is 6.05. The highest BCUT2D eigenvalue weighted by molar-refractivity contribution is 6.42. The molecule has 7 heteroatoms. The number of carbonyl (C=O) groups is 1. The van der Waals surface area contributed by atoms with E-state index in [4.69, 9.17) is 28.0 Å². The first-order valence-corrected chi connectivity index (χ1v) is 8.25. The second kappa shape index (κ2) is 10.5. The fraction of sp³-hybridized carbons (Fsp3) is 0.500. The van der Waals surface area contributed by atoms with E-state index in [1.165, 1.54) is 0 Å². The SMILES string of the molecule is CCON=C(CCC(=O)NCCN(C)C)c1ccc(Cl)c(Cl)c1. The van der Waals surface area contributed by atoms with Gasteiger partial charge in [-0.25, -0.2) is 0 Å². The summed E-state index contributed by atoms with van der Waals surface area (Å²) in [7, 11) is 3.92. The van der Waals surface area contributed by atoms with Crippen LogP contribution < -0.4 is 5.32 Å². The molecule has 0 spiro atoms. The molecule has 1 amide bonds. The van der Waals surface area contributed by atoms with Crippen molar-refractivity contribution in [2.24, 2.45) is 5.16 Å². The van der Waals surface area contributed by atoms with Crippen molar-refractivity contribution < 1.29 is 9.63 Å². The molecule has 0 aliphatic heterocycles. The van der Waals surface area contributed by atoms with Crippen molar-refractivity contribution >= 4 is 34.8 Å². The molecule has 0 unspecified atom stereocenters. The lowest BCUT2D eigenvalue weighted by atomic mass is 10.1. The van der Waals surface area contributed by atoms with Gasteiger partial charge in [-0.15, -0.1) is 0 Å². The van der Waals surface area contributed by atoms with Crippen LogP contribution in [0.4, 0.5) is 0 Å². The minimum atomic E-state index is -0.0175. The van der Waals surface area contributed by atoms with Gasteiger partial charge in [0.05, 0.1) is 15.8 Å². The number of nitrogens with one attached hydrogen (secondary N) is 1. The average Bonchev–Trinajstić information content (AvgIpc) is 2.50. The first-order valence-electron chi connectivity index (χ1n) is 7.49. The quantitative estimate of drug-likeness (QED) is 0.544. The lowest BCUT2D eigenvalue weighted by Gasteiger charge is -2.11. The van der Waals surface area contributed by atoms with Crippen molar-refractivity contribution in [1.82, 2.24) is 10.2 Å². The number of halogens is 2. The average molecular weight is 360 g/mol. The number of hydrogen-bond acceptors (Lipinski definition) is 4. The Kier molecular flexibility index (Phi) is 8.99. The van der Waals surface area contributed by atoms with E-state index < -0.39 is 0 Å². The number of rotatable bonds is 9. The van der Waals surface area contributed by atoms with Gasteiger partial charge in [0.1, 0.15) is 6.61 Å². The lowest BCUT2D eigenvalue weighted by molar-refractivity contribution is -0.120. The molecule has 0 heterocycles. The van der Waals surface area contributed by atoms with Crippen LogP contribution in [0, 0.1) is 0 Å². The predicted octanol–water partition coefficient (Wildman–Crippen LogP) is 3.19. The summed E-state index contributed by atoms with van der Waals surface area (Å²) >= 11 is 12.0. The van der Waals surface area contributed by atoms with Crippen LogP contribution in [0.25, 0.3) is 0 Å². The highest BCUT2D eigenvalue weighted by Crippen LogP contribution is 2.23. The summed E-state index contributed by atoms with van der Waals surface area (Å²) in [6, 6.07) is 5.25.